The van der Waals surface area contributed by atoms with Crippen LogP contribution in [0.3, 0.4) is 0 Å². The van der Waals surface area contributed by atoms with Crippen molar-refractivity contribution in [1.82, 2.24) is 5.32 Å². The molecule has 1 N–H and O–H groups in total. The Morgan fingerprint density at radius 1 is 1.28 bits per heavy atom. The summed E-state index contributed by atoms with van der Waals surface area (Å²) >= 11 is 0. The lowest BCUT2D eigenvalue weighted by molar-refractivity contribution is -0.0398. The molecule has 2 saturated heterocycles. The maximum atomic E-state index is 9.55. The Morgan fingerprint density at radius 2 is 2.11 bits per heavy atom. The van der Waals surface area contributed by atoms with Crippen LogP contribution < -0.4 is 5.32 Å². The highest BCUT2D eigenvalue weighted by molar-refractivity contribution is 5.19. The maximum Gasteiger partial charge on any atom is 0.133 e. The van der Waals surface area contributed by atoms with Gasteiger partial charge in [-0.15, -0.1) is 0 Å². The standard InChI is InChI=1S/C15H18N2O/c16-11-15(9-8-13-6-7-14(15)18-13)17-10-12-4-2-1-3-5-12/h1-5,13-14,17H,6-10H2. The van der Waals surface area contributed by atoms with Crippen molar-refractivity contribution in [2.24, 2.45) is 0 Å². The molecule has 94 valence electrons. The molecular weight excluding hydrogens is 224 g/mol. The third kappa shape index (κ3) is 2.03. The van der Waals surface area contributed by atoms with Crippen LogP contribution in [0.5, 0.6) is 0 Å². The Hall–Kier alpha value is -1.37. The third-order valence-corrected chi connectivity index (χ3v) is 4.17. The lowest BCUT2D eigenvalue weighted by atomic mass is 9.87. The SMILES string of the molecule is N#CC1(NCc2ccccc2)CCC2CCC1O2. The van der Waals surface area contributed by atoms with Gasteiger partial charge in [-0.3, -0.25) is 5.32 Å². The van der Waals surface area contributed by atoms with Crippen LogP contribution in [0, 0.1) is 11.3 Å². The number of hydrogen-bond acceptors (Lipinski definition) is 3. The summed E-state index contributed by atoms with van der Waals surface area (Å²) in [5, 5.41) is 13.0. The summed E-state index contributed by atoms with van der Waals surface area (Å²) in [4.78, 5) is 0. The van der Waals surface area contributed by atoms with E-state index >= 15 is 0 Å². The quantitative estimate of drug-likeness (QED) is 0.885. The summed E-state index contributed by atoms with van der Waals surface area (Å²) in [5.74, 6) is 0. The molecule has 3 atom stereocenters. The second kappa shape index (κ2) is 4.72. The molecule has 0 spiro atoms. The summed E-state index contributed by atoms with van der Waals surface area (Å²) in [5.41, 5.74) is 0.732. The van der Waals surface area contributed by atoms with Crippen molar-refractivity contribution in [3.05, 3.63) is 35.9 Å². The van der Waals surface area contributed by atoms with Crippen molar-refractivity contribution in [1.29, 1.82) is 5.26 Å². The lowest BCUT2D eigenvalue weighted by Gasteiger charge is -2.37. The predicted molar refractivity (Wildman–Crippen MR) is 68.8 cm³/mol. The molecule has 3 nitrogen and oxygen atoms in total. The van der Waals surface area contributed by atoms with Crippen LogP contribution in [0.2, 0.25) is 0 Å². The molecule has 1 aromatic carbocycles. The van der Waals surface area contributed by atoms with E-state index in [-0.39, 0.29) is 6.10 Å². The zero-order valence-corrected chi connectivity index (χ0v) is 10.4. The van der Waals surface area contributed by atoms with Crippen molar-refractivity contribution >= 4 is 0 Å². The monoisotopic (exact) mass is 242 g/mol. The van der Waals surface area contributed by atoms with Gasteiger partial charge in [0.1, 0.15) is 5.54 Å². The molecule has 0 radical (unpaired) electrons. The van der Waals surface area contributed by atoms with E-state index in [2.05, 4.69) is 23.5 Å². The van der Waals surface area contributed by atoms with Gasteiger partial charge in [0.05, 0.1) is 18.3 Å². The fraction of sp³-hybridized carbons (Fsp3) is 0.533. The van der Waals surface area contributed by atoms with Gasteiger partial charge in [-0.1, -0.05) is 30.3 Å². The number of ether oxygens (including phenoxy) is 1. The Morgan fingerprint density at radius 3 is 2.89 bits per heavy atom. The second-order valence-corrected chi connectivity index (χ2v) is 5.29. The van der Waals surface area contributed by atoms with Gasteiger partial charge < -0.3 is 4.74 Å². The van der Waals surface area contributed by atoms with Crippen LogP contribution in [0.15, 0.2) is 30.3 Å². The van der Waals surface area contributed by atoms with Gasteiger partial charge in [0.25, 0.3) is 0 Å². The largest absolute Gasteiger partial charge is 0.372 e. The number of fused-ring (bicyclic) bond motifs is 2. The number of nitrogens with zero attached hydrogens (tertiary/aromatic N) is 1. The Kier molecular flexibility index (Phi) is 3.07. The minimum absolute atomic E-state index is 0.0740. The average Bonchev–Trinajstić information content (AvgIpc) is 2.84. The number of nitriles is 1. The van der Waals surface area contributed by atoms with E-state index in [1.54, 1.807) is 0 Å². The molecule has 2 heterocycles. The molecular formula is C15H18N2O. The summed E-state index contributed by atoms with van der Waals surface area (Å²) in [6.07, 6.45) is 4.51. The molecule has 3 rings (SSSR count). The molecule has 3 heteroatoms. The first-order valence-electron chi connectivity index (χ1n) is 6.68. The minimum Gasteiger partial charge on any atom is -0.372 e. The Balaban J connectivity index is 1.71. The van der Waals surface area contributed by atoms with E-state index in [1.807, 2.05) is 18.2 Å². The van der Waals surface area contributed by atoms with E-state index in [0.717, 1.165) is 32.2 Å². The van der Waals surface area contributed by atoms with E-state index < -0.39 is 5.54 Å². The van der Waals surface area contributed by atoms with Crippen LogP contribution >= 0.6 is 0 Å². The van der Waals surface area contributed by atoms with Crippen LogP contribution in [-0.4, -0.2) is 17.7 Å². The number of rotatable bonds is 3. The second-order valence-electron chi connectivity index (χ2n) is 5.29. The molecule has 2 bridgehead atoms. The van der Waals surface area contributed by atoms with Crippen molar-refractivity contribution in [3.63, 3.8) is 0 Å². The number of benzene rings is 1. The molecule has 18 heavy (non-hydrogen) atoms. The molecule has 0 saturated carbocycles. The molecule has 2 fully saturated rings. The average molecular weight is 242 g/mol. The van der Waals surface area contributed by atoms with E-state index in [9.17, 15) is 5.26 Å². The number of hydrogen-bond donors (Lipinski definition) is 1. The van der Waals surface area contributed by atoms with Gasteiger partial charge in [-0.05, 0) is 31.2 Å². The highest BCUT2D eigenvalue weighted by atomic mass is 16.5. The zero-order valence-electron chi connectivity index (χ0n) is 10.4. The Labute approximate surface area is 108 Å². The molecule has 0 aromatic heterocycles. The lowest BCUT2D eigenvalue weighted by Crippen LogP contribution is -2.55. The van der Waals surface area contributed by atoms with E-state index in [4.69, 9.17) is 4.74 Å². The maximum absolute atomic E-state index is 9.55. The van der Waals surface area contributed by atoms with Crippen molar-refractivity contribution < 1.29 is 4.74 Å². The molecule has 2 aliphatic heterocycles. The molecule has 2 aliphatic rings. The van der Waals surface area contributed by atoms with Crippen molar-refractivity contribution in [2.75, 3.05) is 0 Å². The summed E-state index contributed by atoms with van der Waals surface area (Å²) in [6, 6.07) is 12.7. The van der Waals surface area contributed by atoms with Crippen molar-refractivity contribution in [2.45, 2.75) is 50.0 Å². The minimum atomic E-state index is -0.483. The molecule has 1 aromatic rings. The van der Waals surface area contributed by atoms with E-state index in [0.29, 0.717) is 6.10 Å². The van der Waals surface area contributed by atoms with Gasteiger partial charge in [0.2, 0.25) is 0 Å². The van der Waals surface area contributed by atoms with Crippen LogP contribution in [0.25, 0.3) is 0 Å². The Bertz CT molecular complexity index is 453. The smallest absolute Gasteiger partial charge is 0.133 e. The molecule has 3 unspecified atom stereocenters. The summed E-state index contributed by atoms with van der Waals surface area (Å²) in [6.45, 7) is 0.735. The highest BCUT2D eigenvalue weighted by Crippen LogP contribution is 2.38. The topological polar surface area (TPSA) is 45.0 Å². The van der Waals surface area contributed by atoms with Crippen LogP contribution in [0.1, 0.15) is 31.2 Å². The first-order valence-corrected chi connectivity index (χ1v) is 6.68. The van der Waals surface area contributed by atoms with Gasteiger partial charge in [0.15, 0.2) is 0 Å². The molecule has 0 aliphatic carbocycles. The van der Waals surface area contributed by atoms with Gasteiger partial charge in [0, 0.05) is 6.54 Å². The van der Waals surface area contributed by atoms with E-state index in [1.165, 1.54) is 5.56 Å². The fourth-order valence-electron chi connectivity index (χ4n) is 3.06. The molecule has 0 amide bonds. The van der Waals surface area contributed by atoms with Gasteiger partial charge >= 0.3 is 0 Å². The highest BCUT2D eigenvalue weighted by Gasteiger charge is 2.48. The number of nitrogens with one attached hydrogen (secondary N) is 1. The summed E-state index contributed by atoms with van der Waals surface area (Å²) < 4.78 is 5.91. The van der Waals surface area contributed by atoms with Crippen molar-refractivity contribution in [3.8, 4) is 6.07 Å². The fourth-order valence-corrected chi connectivity index (χ4v) is 3.06. The van der Waals surface area contributed by atoms with Crippen LogP contribution in [-0.2, 0) is 11.3 Å². The van der Waals surface area contributed by atoms with Crippen LogP contribution in [0.4, 0.5) is 0 Å². The first-order chi connectivity index (χ1) is 8.82. The third-order valence-electron chi connectivity index (χ3n) is 4.17. The normalized spacial score (nSPS) is 34.2. The van der Waals surface area contributed by atoms with Gasteiger partial charge in [-0.25, -0.2) is 0 Å². The predicted octanol–water partition coefficient (Wildman–Crippen LogP) is 2.38. The van der Waals surface area contributed by atoms with Gasteiger partial charge in [-0.2, -0.15) is 5.26 Å². The first kappa shape index (κ1) is 11.7. The zero-order chi connectivity index (χ0) is 12.4. The summed E-state index contributed by atoms with van der Waals surface area (Å²) in [7, 11) is 0.